The molecule has 1 heterocycles. The molecule has 2 rings (SSSR count). The van der Waals surface area contributed by atoms with Gasteiger partial charge < -0.3 is 4.74 Å². The highest BCUT2D eigenvalue weighted by Gasteiger charge is 2.10. The Morgan fingerprint density at radius 1 is 1.50 bits per heavy atom. The van der Waals surface area contributed by atoms with Crippen LogP contribution in [-0.4, -0.2) is 11.0 Å². The Balaban J connectivity index is 2.64. The first kappa shape index (κ1) is 9.15. The van der Waals surface area contributed by atoms with Crippen molar-refractivity contribution in [2.45, 2.75) is 13.8 Å². The van der Waals surface area contributed by atoms with Crippen LogP contribution in [0.2, 0.25) is 0 Å². The number of hydrogen-bond donors (Lipinski definition) is 0. The summed E-state index contributed by atoms with van der Waals surface area (Å²) in [6.07, 6.45) is 0. The molecule has 2 aromatic rings. The molecule has 0 N–H and O–H groups in total. The minimum absolute atomic E-state index is 0.311. The standard InChI is InChI=1S/C10H9NO2S/c1-6-3-4-8-9(11-5-14-8)10(6)13-7(2)12/h3-5H,1-2H3. The van der Waals surface area contributed by atoms with Gasteiger partial charge in [0, 0.05) is 6.92 Å². The maximum Gasteiger partial charge on any atom is 0.308 e. The Morgan fingerprint density at radius 3 is 3.00 bits per heavy atom. The van der Waals surface area contributed by atoms with Crippen LogP contribution in [0.25, 0.3) is 10.2 Å². The third kappa shape index (κ3) is 1.48. The van der Waals surface area contributed by atoms with Crippen molar-refractivity contribution in [2.24, 2.45) is 0 Å². The van der Waals surface area contributed by atoms with E-state index in [1.807, 2.05) is 19.1 Å². The molecule has 0 aliphatic carbocycles. The summed E-state index contributed by atoms with van der Waals surface area (Å²) >= 11 is 1.53. The number of aromatic nitrogens is 1. The molecule has 0 radical (unpaired) electrons. The second-order valence-corrected chi connectivity index (χ2v) is 3.89. The number of benzene rings is 1. The summed E-state index contributed by atoms with van der Waals surface area (Å²) in [5, 5.41) is 0. The zero-order valence-corrected chi connectivity index (χ0v) is 8.72. The molecular formula is C10H9NO2S. The first-order chi connectivity index (χ1) is 6.68. The van der Waals surface area contributed by atoms with Gasteiger partial charge in [0.2, 0.25) is 0 Å². The fourth-order valence-electron chi connectivity index (χ4n) is 1.28. The molecule has 0 bridgehead atoms. The van der Waals surface area contributed by atoms with Crippen molar-refractivity contribution in [1.82, 2.24) is 4.98 Å². The first-order valence-electron chi connectivity index (χ1n) is 4.19. The molecule has 3 nitrogen and oxygen atoms in total. The van der Waals surface area contributed by atoms with E-state index in [4.69, 9.17) is 4.74 Å². The van der Waals surface area contributed by atoms with Gasteiger partial charge in [-0.3, -0.25) is 4.79 Å². The van der Waals surface area contributed by atoms with E-state index >= 15 is 0 Å². The Bertz CT molecular complexity index is 490. The van der Waals surface area contributed by atoms with E-state index in [2.05, 4.69) is 4.98 Å². The number of aryl methyl sites for hydroxylation is 1. The lowest BCUT2D eigenvalue weighted by Gasteiger charge is -2.05. The predicted molar refractivity (Wildman–Crippen MR) is 55.7 cm³/mol. The van der Waals surface area contributed by atoms with E-state index in [-0.39, 0.29) is 5.97 Å². The number of thiazole rings is 1. The van der Waals surface area contributed by atoms with Crippen LogP contribution in [0.4, 0.5) is 0 Å². The van der Waals surface area contributed by atoms with Gasteiger partial charge in [-0.25, -0.2) is 4.98 Å². The van der Waals surface area contributed by atoms with Crippen LogP contribution < -0.4 is 4.74 Å². The maximum atomic E-state index is 10.9. The molecule has 0 saturated carbocycles. The summed E-state index contributed by atoms with van der Waals surface area (Å²) in [6, 6.07) is 3.91. The second kappa shape index (κ2) is 3.38. The molecule has 0 aliphatic heterocycles. The third-order valence-electron chi connectivity index (χ3n) is 1.90. The number of carbonyl (C=O) groups is 1. The summed E-state index contributed by atoms with van der Waals surface area (Å²) in [5.41, 5.74) is 3.45. The Hall–Kier alpha value is -1.42. The highest BCUT2D eigenvalue weighted by Crippen LogP contribution is 2.30. The molecule has 72 valence electrons. The van der Waals surface area contributed by atoms with Crippen molar-refractivity contribution in [3.05, 3.63) is 23.2 Å². The van der Waals surface area contributed by atoms with Crippen LogP contribution in [0, 0.1) is 6.92 Å². The normalized spacial score (nSPS) is 10.4. The van der Waals surface area contributed by atoms with Crippen molar-refractivity contribution in [1.29, 1.82) is 0 Å². The van der Waals surface area contributed by atoms with Gasteiger partial charge in [0.15, 0.2) is 5.75 Å². The number of nitrogens with zero attached hydrogens (tertiary/aromatic N) is 1. The summed E-state index contributed by atoms with van der Waals surface area (Å²) in [6.45, 7) is 3.29. The SMILES string of the molecule is CC(=O)Oc1c(C)ccc2scnc12. The summed E-state index contributed by atoms with van der Waals surface area (Å²) in [5.74, 6) is 0.268. The average Bonchev–Trinajstić information content (AvgIpc) is 2.57. The number of hydrogen-bond acceptors (Lipinski definition) is 4. The van der Waals surface area contributed by atoms with Gasteiger partial charge in [-0.2, -0.15) is 0 Å². The number of esters is 1. The van der Waals surface area contributed by atoms with E-state index in [0.717, 1.165) is 15.8 Å². The highest BCUT2D eigenvalue weighted by atomic mass is 32.1. The van der Waals surface area contributed by atoms with E-state index in [1.54, 1.807) is 5.51 Å². The summed E-state index contributed by atoms with van der Waals surface area (Å²) in [7, 11) is 0. The molecule has 14 heavy (non-hydrogen) atoms. The van der Waals surface area contributed by atoms with Crippen molar-refractivity contribution in [3.8, 4) is 5.75 Å². The lowest BCUT2D eigenvalue weighted by Crippen LogP contribution is -2.03. The number of ether oxygens (including phenoxy) is 1. The minimum Gasteiger partial charge on any atom is -0.424 e. The zero-order chi connectivity index (χ0) is 10.1. The lowest BCUT2D eigenvalue weighted by atomic mass is 10.2. The molecule has 0 aliphatic rings. The smallest absolute Gasteiger partial charge is 0.308 e. The number of fused-ring (bicyclic) bond motifs is 1. The van der Waals surface area contributed by atoms with Crippen LogP contribution in [0.15, 0.2) is 17.6 Å². The molecule has 0 spiro atoms. The maximum absolute atomic E-state index is 10.9. The topological polar surface area (TPSA) is 39.2 Å². The van der Waals surface area contributed by atoms with Crippen LogP contribution in [0.1, 0.15) is 12.5 Å². The van der Waals surface area contributed by atoms with Crippen molar-refractivity contribution in [2.75, 3.05) is 0 Å². The monoisotopic (exact) mass is 207 g/mol. The fraction of sp³-hybridized carbons (Fsp3) is 0.200. The Morgan fingerprint density at radius 2 is 2.29 bits per heavy atom. The van der Waals surface area contributed by atoms with Gasteiger partial charge in [-0.05, 0) is 18.6 Å². The van der Waals surface area contributed by atoms with E-state index in [1.165, 1.54) is 18.3 Å². The van der Waals surface area contributed by atoms with Gasteiger partial charge in [0.05, 0.1) is 10.2 Å². The van der Waals surface area contributed by atoms with Crippen molar-refractivity contribution >= 4 is 27.5 Å². The molecule has 4 heteroatoms. The van der Waals surface area contributed by atoms with Gasteiger partial charge in [-0.1, -0.05) is 6.07 Å². The fourth-order valence-corrected chi connectivity index (χ4v) is 1.96. The Kier molecular flexibility index (Phi) is 2.21. The molecule has 0 unspecified atom stereocenters. The molecule has 0 saturated heterocycles. The van der Waals surface area contributed by atoms with Crippen LogP contribution >= 0.6 is 11.3 Å². The van der Waals surface area contributed by atoms with Gasteiger partial charge >= 0.3 is 5.97 Å². The van der Waals surface area contributed by atoms with E-state index in [0.29, 0.717) is 5.75 Å². The van der Waals surface area contributed by atoms with E-state index in [9.17, 15) is 4.79 Å². The second-order valence-electron chi connectivity index (χ2n) is 3.00. The highest BCUT2D eigenvalue weighted by molar-refractivity contribution is 7.16. The molecule has 0 fully saturated rings. The zero-order valence-electron chi connectivity index (χ0n) is 7.90. The molecular weight excluding hydrogens is 198 g/mol. The summed E-state index contributed by atoms with van der Waals surface area (Å²) in [4.78, 5) is 15.1. The molecule has 1 aromatic carbocycles. The predicted octanol–water partition coefficient (Wildman–Crippen LogP) is 2.53. The number of carbonyl (C=O) groups excluding carboxylic acids is 1. The molecule has 1 aromatic heterocycles. The van der Waals surface area contributed by atoms with Crippen molar-refractivity contribution < 1.29 is 9.53 Å². The van der Waals surface area contributed by atoms with Crippen LogP contribution in [-0.2, 0) is 4.79 Å². The van der Waals surface area contributed by atoms with Crippen LogP contribution in [0.3, 0.4) is 0 Å². The van der Waals surface area contributed by atoms with Gasteiger partial charge in [0.25, 0.3) is 0 Å². The van der Waals surface area contributed by atoms with Crippen molar-refractivity contribution in [3.63, 3.8) is 0 Å². The van der Waals surface area contributed by atoms with Crippen LogP contribution in [0.5, 0.6) is 5.75 Å². The molecule has 0 amide bonds. The number of rotatable bonds is 1. The minimum atomic E-state index is -0.311. The average molecular weight is 207 g/mol. The van der Waals surface area contributed by atoms with E-state index < -0.39 is 0 Å². The van der Waals surface area contributed by atoms with Gasteiger partial charge in [0.1, 0.15) is 5.52 Å². The molecule has 0 atom stereocenters. The lowest BCUT2D eigenvalue weighted by molar-refractivity contribution is -0.131. The summed E-state index contributed by atoms with van der Waals surface area (Å²) < 4.78 is 6.16. The largest absolute Gasteiger partial charge is 0.424 e. The Labute approximate surface area is 85.3 Å². The quantitative estimate of drug-likeness (QED) is 0.533. The third-order valence-corrected chi connectivity index (χ3v) is 2.69. The van der Waals surface area contributed by atoms with Gasteiger partial charge in [-0.15, -0.1) is 11.3 Å². The first-order valence-corrected chi connectivity index (χ1v) is 5.07.